The van der Waals surface area contributed by atoms with Gasteiger partial charge in [-0.2, -0.15) is 11.8 Å². The summed E-state index contributed by atoms with van der Waals surface area (Å²) in [5, 5.41) is 32.6. The third-order valence-corrected chi connectivity index (χ3v) is 19.3. The summed E-state index contributed by atoms with van der Waals surface area (Å²) in [6, 6.07) is 14.3. The van der Waals surface area contributed by atoms with Gasteiger partial charge >= 0.3 is 29.9 Å². The lowest BCUT2D eigenvalue weighted by molar-refractivity contribution is -0.121. The van der Waals surface area contributed by atoms with Crippen LogP contribution in [0.4, 0.5) is 4.79 Å². The molecular weight excluding hydrogens is 1230 g/mol. The highest BCUT2D eigenvalue weighted by molar-refractivity contribution is 8.00. The van der Waals surface area contributed by atoms with Crippen molar-refractivity contribution in [2.75, 3.05) is 98.1 Å². The number of phenolic OH excluding ortho intramolecular Hbond substituents is 2. The molecule has 8 unspecified atom stereocenters. The van der Waals surface area contributed by atoms with E-state index in [0.29, 0.717) is 98.2 Å². The van der Waals surface area contributed by atoms with Crippen LogP contribution < -0.4 is 26.0 Å². The molecule has 2 saturated heterocycles. The maximum atomic E-state index is 13.5. The molecule has 3 aromatic rings. The first-order valence-electron chi connectivity index (χ1n) is 29.8. The lowest BCUT2D eigenvalue weighted by Gasteiger charge is -2.38. The molecule has 8 atom stereocenters. The van der Waals surface area contributed by atoms with Crippen LogP contribution in [0.1, 0.15) is 129 Å². The van der Waals surface area contributed by atoms with Crippen LogP contribution in [0.3, 0.4) is 0 Å². The lowest BCUT2D eigenvalue weighted by atomic mass is 9.68. The van der Waals surface area contributed by atoms with Gasteiger partial charge in [0, 0.05) is 82.0 Å². The molecule has 3 aromatic carbocycles. The number of amides is 4. The van der Waals surface area contributed by atoms with E-state index < -0.39 is 67.1 Å². The third-order valence-electron chi connectivity index (χ3n) is 15.4. The van der Waals surface area contributed by atoms with Crippen molar-refractivity contribution in [2.45, 2.75) is 120 Å². The Morgan fingerprint density at radius 1 is 0.727 bits per heavy atom. The van der Waals surface area contributed by atoms with Crippen LogP contribution in [-0.2, 0) is 65.5 Å². The summed E-state index contributed by atoms with van der Waals surface area (Å²) in [5.74, 6) is 0.511. The highest BCUT2D eigenvalue weighted by Crippen LogP contribution is 2.54. The Bertz CT molecular complexity index is 2790. The van der Waals surface area contributed by atoms with Crippen molar-refractivity contribution in [1.29, 1.82) is 0 Å². The number of unbranched alkanes of at least 4 members (excludes halogenated alkanes) is 2. The molecule has 30 heteroatoms. The number of thioether (sulfide) groups is 1. The van der Waals surface area contributed by atoms with Crippen LogP contribution in [0.25, 0.3) is 0 Å². The van der Waals surface area contributed by atoms with E-state index >= 15 is 0 Å². The van der Waals surface area contributed by atoms with E-state index in [1.807, 2.05) is 32.5 Å². The molecule has 4 amide bonds. The molecule has 0 saturated carbocycles. The molecule has 6 rings (SSSR count). The van der Waals surface area contributed by atoms with E-state index in [4.69, 9.17) is 46.3 Å². The minimum Gasteiger partial charge on any atom is -0.508 e. The second-order valence-electron chi connectivity index (χ2n) is 21.7. The van der Waals surface area contributed by atoms with Gasteiger partial charge in [0.2, 0.25) is 5.91 Å². The first-order chi connectivity index (χ1) is 42.2. The van der Waals surface area contributed by atoms with E-state index in [1.165, 1.54) is 30.3 Å². The maximum absolute atomic E-state index is 13.5. The Kier molecular flexibility index (Phi) is 30.5. The zero-order valence-electron chi connectivity index (χ0n) is 50.0. The fraction of sp³-hybridized carbons (Fsp3) is 0.621. The molecule has 0 aromatic heterocycles. The summed E-state index contributed by atoms with van der Waals surface area (Å²) in [7, 11) is -12.6. The zero-order valence-corrected chi connectivity index (χ0v) is 53.5. The quantitative estimate of drug-likeness (QED) is 0.0111. The Balaban J connectivity index is 0.869. The molecule has 88 heavy (non-hydrogen) atoms. The predicted octanol–water partition coefficient (Wildman–Crippen LogP) is 8.31. The van der Waals surface area contributed by atoms with Gasteiger partial charge in [-0.15, -0.1) is 9.42 Å². The summed E-state index contributed by atoms with van der Waals surface area (Å²) >= 11 is 1.87. The van der Waals surface area contributed by atoms with Gasteiger partial charge in [0.05, 0.1) is 90.2 Å². The Morgan fingerprint density at radius 3 is 1.97 bits per heavy atom. The fourth-order valence-corrected chi connectivity index (χ4v) is 14.0. The van der Waals surface area contributed by atoms with Crippen molar-refractivity contribution in [3.63, 3.8) is 0 Å². The van der Waals surface area contributed by atoms with Crippen LogP contribution in [0.2, 0.25) is 0 Å². The van der Waals surface area contributed by atoms with Crippen LogP contribution >= 0.6 is 35.7 Å². The number of carbonyl (C=O) groups is 4. The molecular formula is C58H86N4O22P3S+. The van der Waals surface area contributed by atoms with Crippen molar-refractivity contribution in [3.05, 3.63) is 82.4 Å². The van der Waals surface area contributed by atoms with E-state index in [0.717, 1.165) is 37.9 Å². The largest absolute Gasteiger partial charge is 0.695 e. The highest BCUT2D eigenvalue weighted by Gasteiger charge is 2.44. The second-order valence-corrected chi connectivity index (χ2v) is 26.6. The van der Waals surface area contributed by atoms with E-state index in [2.05, 4.69) is 21.3 Å². The number of hydrogen-bond donors (Lipinski definition) is 9. The number of ether oxygens (including phenoxy) is 5. The average Bonchev–Trinajstić information content (AvgIpc) is 0.942. The number of urea groups is 1. The molecule has 9 N–H and O–H groups in total. The highest BCUT2D eigenvalue weighted by atomic mass is 32.2. The molecule has 0 spiro atoms. The zero-order chi connectivity index (χ0) is 63.5. The number of rotatable bonds is 45. The van der Waals surface area contributed by atoms with Gasteiger partial charge in [-0.1, -0.05) is 57.7 Å². The number of carbonyl (C=O) groups excluding carboxylic acids is 4. The third kappa shape index (κ3) is 23.6. The number of fused-ring (bicyclic) bond motifs is 3. The Morgan fingerprint density at radius 2 is 1.33 bits per heavy atom. The summed E-state index contributed by atoms with van der Waals surface area (Å²) in [6.07, 6.45) is 6.34. The number of aldehydes is 1. The number of phenols is 2. The summed E-state index contributed by atoms with van der Waals surface area (Å²) in [5.41, 5.74) is 1.23. The van der Waals surface area contributed by atoms with Crippen molar-refractivity contribution in [3.8, 4) is 23.0 Å². The lowest BCUT2D eigenvalue weighted by Crippen LogP contribution is -2.36. The normalized spacial score (nSPS) is 18.8. The Labute approximate surface area is 518 Å². The van der Waals surface area contributed by atoms with Crippen LogP contribution in [0.15, 0.2) is 54.6 Å². The van der Waals surface area contributed by atoms with E-state index in [9.17, 15) is 57.8 Å². The van der Waals surface area contributed by atoms with Gasteiger partial charge in [-0.05, 0) is 81.2 Å². The van der Waals surface area contributed by atoms with Gasteiger partial charge in [-0.25, -0.2) is 13.9 Å². The van der Waals surface area contributed by atoms with Gasteiger partial charge in [0.25, 0.3) is 5.91 Å². The first-order valence-corrected chi connectivity index (χ1v) is 35.0. The SMILES string of the molecule is CCC(CC)CCOP(=O)(O)OCC(CCCCNC(=O)c1ccc(C2(C)c3ccc(O)cc3Oc3cc(O)ccc32)c(C=O)c1)COP(=O)(O)OCC(COCCOCCOCCOCCCNC(=O)CCCCC1SCC2NC(=O)NC21)O[P+](=O)O. The summed E-state index contributed by atoms with van der Waals surface area (Å²) in [6.45, 7) is 6.34. The second kappa shape index (κ2) is 37.0. The number of phosphoric ester groups is 2. The van der Waals surface area contributed by atoms with Gasteiger partial charge < -0.3 is 65.0 Å². The molecule has 0 aliphatic carbocycles. The number of aromatic hydroxyl groups is 2. The monoisotopic (exact) mass is 1320 g/mol. The van der Waals surface area contributed by atoms with Gasteiger partial charge in [-0.3, -0.25) is 32.5 Å². The molecule has 0 bridgehead atoms. The standard InChI is InChI=1S/C58H85N4O22P3S/c1-4-40(5-2)20-24-79-86(71,72)80-35-41(11-8-9-21-60-56(67)42-14-17-47(43(31-42)34-63)58(3)48-18-15-44(64)32-51(48)83-52-33-45(65)16-19-49(52)58)36-81-87(73,74)82-38-46(84-85(69)70)37-78-30-29-77-28-27-76-26-25-75-23-10-22-59-54(66)13-7-6-12-53-55-50(39-88-53)61-57(68)62-55/h14-19,31-34,40-41,46,50,53,55H,4-13,20-30,35-39H2,1-3H3,(H8-,59,60,61,62,64,65,66,67,68,69,70,71,72,73,74)/p+1. The summed E-state index contributed by atoms with van der Waals surface area (Å²) < 4.78 is 91.7. The predicted molar refractivity (Wildman–Crippen MR) is 325 cm³/mol. The van der Waals surface area contributed by atoms with Gasteiger partial charge in [0.15, 0.2) is 6.10 Å². The first kappa shape index (κ1) is 72.4. The molecule has 3 heterocycles. The average molecular weight is 1320 g/mol. The molecule has 490 valence electrons. The summed E-state index contributed by atoms with van der Waals surface area (Å²) in [4.78, 5) is 80.6. The molecule has 2 fully saturated rings. The van der Waals surface area contributed by atoms with Crippen molar-refractivity contribution in [2.24, 2.45) is 11.8 Å². The number of phosphoric acid groups is 2. The van der Waals surface area contributed by atoms with Crippen molar-refractivity contribution < 1.29 is 104 Å². The topological polar surface area (TPSA) is 361 Å². The maximum Gasteiger partial charge on any atom is 0.695 e. The molecule has 3 aliphatic heterocycles. The van der Waals surface area contributed by atoms with Gasteiger partial charge in [0.1, 0.15) is 29.3 Å². The minimum atomic E-state index is -4.89. The van der Waals surface area contributed by atoms with E-state index in [1.54, 1.807) is 24.3 Å². The van der Waals surface area contributed by atoms with E-state index in [-0.39, 0.29) is 105 Å². The molecule has 3 aliphatic rings. The number of benzene rings is 3. The van der Waals surface area contributed by atoms with Crippen molar-refractivity contribution in [1.82, 2.24) is 21.3 Å². The number of hydrogen-bond acceptors (Lipinski definition) is 20. The molecule has 26 nitrogen and oxygen atoms in total. The minimum absolute atomic E-state index is 0.00725. The van der Waals surface area contributed by atoms with Crippen LogP contribution in [0, 0.1) is 11.8 Å². The van der Waals surface area contributed by atoms with Crippen LogP contribution in [0.5, 0.6) is 23.0 Å². The van der Waals surface area contributed by atoms with Crippen LogP contribution in [-0.4, -0.2) is 171 Å². The molecule has 0 radical (unpaired) electrons. The van der Waals surface area contributed by atoms with Crippen molar-refractivity contribution >= 4 is 59.8 Å². The number of nitrogens with one attached hydrogen (secondary N) is 4. The smallest absolute Gasteiger partial charge is 0.508 e. The fourth-order valence-electron chi connectivity index (χ4n) is 10.5. The Hall–Kier alpha value is -4.63.